The van der Waals surface area contributed by atoms with Crippen molar-refractivity contribution >= 4 is 0 Å². The van der Waals surface area contributed by atoms with Crippen molar-refractivity contribution < 1.29 is 5.11 Å². The van der Waals surface area contributed by atoms with Crippen LogP contribution in [-0.4, -0.2) is 5.11 Å². The molecule has 0 atom stereocenters. The predicted octanol–water partition coefficient (Wildman–Crippen LogP) is 4.18. The SMILES string of the molecule is CC.Cc1cccc(-c2cccc(CO)c2)c1. The zero-order chi connectivity index (χ0) is 12.7. The van der Waals surface area contributed by atoms with Crippen LogP contribution in [-0.2, 0) is 6.61 Å². The van der Waals surface area contributed by atoms with Crippen molar-refractivity contribution in [1.29, 1.82) is 0 Å². The Hall–Kier alpha value is -1.60. The van der Waals surface area contributed by atoms with Gasteiger partial charge in [0.2, 0.25) is 0 Å². The summed E-state index contributed by atoms with van der Waals surface area (Å²) in [6, 6.07) is 16.4. The second kappa shape index (κ2) is 6.87. The average Bonchev–Trinajstić information content (AvgIpc) is 2.41. The molecule has 2 aromatic carbocycles. The van der Waals surface area contributed by atoms with Gasteiger partial charge < -0.3 is 5.11 Å². The molecule has 90 valence electrons. The molecule has 0 aromatic heterocycles. The Balaban J connectivity index is 0.000000686. The molecule has 0 bridgehead atoms. The highest BCUT2D eigenvalue weighted by molar-refractivity contribution is 5.64. The van der Waals surface area contributed by atoms with Gasteiger partial charge in [-0.2, -0.15) is 0 Å². The van der Waals surface area contributed by atoms with Crippen LogP contribution in [0.1, 0.15) is 25.0 Å². The van der Waals surface area contributed by atoms with Gasteiger partial charge in [0, 0.05) is 0 Å². The number of hydrogen-bond acceptors (Lipinski definition) is 1. The van der Waals surface area contributed by atoms with Crippen molar-refractivity contribution in [2.45, 2.75) is 27.4 Å². The first-order valence-corrected chi connectivity index (χ1v) is 6.06. The molecule has 0 aliphatic rings. The third-order valence-corrected chi connectivity index (χ3v) is 2.46. The number of rotatable bonds is 2. The van der Waals surface area contributed by atoms with Gasteiger partial charge in [-0.1, -0.05) is 61.9 Å². The Morgan fingerprint density at radius 3 is 2.06 bits per heavy atom. The van der Waals surface area contributed by atoms with E-state index in [0.717, 1.165) is 11.1 Å². The first-order valence-electron chi connectivity index (χ1n) is 6.06. The average molecular weight is 228 g/mol. The first-order chi connectivity index (χ1) is 8.29. The monoisotopic (exact) mass is 228 g/mol. The first kappa shape index (κ1) is 13.5. The summed E-state index contributed by atoms with van der Waals surface area (Å²) in [7, 11) is 0. The van der Waals surface area contributed by atoms with Gasteiger partial charge in [-0.3, -0.25) is 0 Å². The minimum absolute atomic E-state index is 0.0969. The van der Waals surface area contributed by atoms with Crippen molar-refractivity contribution in [2.24, 2.45) is 0 Å². The molecule has 0 spiro atoms. The summed E-state index contributed by atoms with van der Waals surface area (Å²) >= 11 is 0. The molecule has 0 aliphatic heterocycles. The van der Waals surface area contributed by atoms with E-state index >= 15 is 0 Å². The third kappa shape index (κ3) is 3.72. The molecule has 2 rings (SSSR count). The largest absolute Gasteiger partial charge is 0.392 e. The lowest BCUT2D eigenvalue weighted by atomic mass is 10.0. The predicted molar refractivity (Wildman–Crippen MR) is 73.9 cm³/mol. The molecule has 17 heavy (non-hydrogen) atoms. The van der Waals surface area contributed by atoms with Crippen LogP contribution in [0, 0.1) is 6.92 Å². The lowest BCUT2D eigenvalue weighted by molar-refractivity contribution is 0.282. The molecular weight excluding hydrogens is 208 g/mol. The topological polar surface area (TPSA) is 20.2 Å². The van der Waals surface area contributed by atoms with E-state index in [1.165, 1.54) is 11.1 Å². The maximum absolute atomic E-state index is 9.06. The zero-order valence-electron chi connectivity index (χ0n) is 10.8. The third-order valence-electron chi connectivity index (χ3n) is 2.46. The molecule has 1 nitrogen and oxygen atoms in total. The van der Waals surface area contributed by atoms with E-state index in [1.807, 2.05) is 32.0 Å². The normalized spacial score (nSPS) is 9.41. The molecule has 2 aromatic rings. The Morgan fingerprint density at radius 2 is 1.47 bits per heavy atom. The van der Waals surface area contributed by atoms with Crippen LogP contribution in [0.5, 0.6) is 0 Å². The van der Waals surface area contributed by atoms with E-state index in [9.17, 15) is 0 Å². The maximum Gasteiger partial charge on any atom is 0.0682 e. The Bertz CT molecular complexity index is 461. The van der Waals surface area contributed by atoms with E-state index in [2.05, 4.69) is 37.3 Å². The van der Waals surface area contributed by atoms with Crippen molar-refractivity contribution in [1.82, 2.24) is 0 Å². The standard InChI is InChI=1S/C14H14O.C2H6/c1-11-4-2-6-13(8-11)14-7-3-5-12(9-14)10-15;1-2/h2-9,15H,10H2,1H3;1-2H3. The second-order valence-electron chi connectivity index (χ2n) is 3.73. The van der Waals surface area contributed by atoms with Crippen molar-refractivity contribution in [3.63, 3.8) is 0 Å². The molecule has 0 aliphatic carbocycles. The van der Waals surface area contributed by atoms with Crippen LogP contribution >= 0.6 is 0 Å². The molecule has 0 amide bonds. The van der Waals surface area contributed by atoms with Gasteiger partial charge in [0.05, 0.1) is 6.61 Å². The van der Waals surface area contributed by atoms with Crippen LogP contribution in [0.4, 0.5) is 0 Å². The van der Waals surface area contributed by atoms with Crippen molar-refractivity contribution in [3.8, 4) is 11.1 Å². The number of hydrogen-bond donors (Lipinski definition) is 1. The van der Waals surface area contributed by atoms with Crippen molar-refractivity contribution in [2.75, 3.05) is 0 Å². The summed E-state index contributed by atoms with van der Waals surface area (Å²) in [6.45, 7) is 6.18. The van der Waals surface area contributed by atoms with Gasteiger partial charge in [0.25, 0.3) is 0 Å². The molecule has 0 saturated heterocycles. The summed E-state index contributed by atoms with van der Waals surface area (Å²) in [5.41, 5.74) is 4.56. The molecule has 0 heterocycles. The van der Waals surface area contributed by atoms with Crippen LogP contribution in [0.25, 0.3) is 11.1 Å². The highest BCUT2D eigenvalue weighted by atomic mass is 16.3. The van der Waals surface area contributed by atoms with Crippen LogP contribution in [0.15, 0.2) is 48.5 Å². The van der Waals surface area contributed by atoms with E-state index in [4.69, 9.17) is 5.11 Å². The molecule has 0 unspecified atom stereocenters. The molecule has 0 fully saturated rings. The zero-order valence-corrected chi connectivity index (χ0v) is 10.8. The summed E-state index contributed by atoms with van der Waals surface area (Å²) < 4.78 is 0. The lowest BCUT2D eigenvalue weighted by Crippen LogP contribution is -1.84. The van der Waals surface area contributed by atoms with Gasteiger partial charge in [-0.15, -0.1) is 0 Å². The number of aryl methyl sites for hydroxylation is 1. The fourth-order valence-corrected chi connectivity index (χ4v) is 1.67. The van der Waals surface area contributed by atoms with Crippen LogP contribution < -0.4 is 0 Å². The summed E-state index contributed by atoms with van der Waals surface area (Å²) in [6.07, 6.45) is 0. The highest BCUT2D eigenvalue weighted by Crippen LogP contribution is 2.21. The smallest absolute Gasteiger partial charge is 0.0682 e. The molecule has 0 radical (unpaired) electrons. The molecular formula is C16H20O. The number of benzene rings is 2. The fourth-order valence-electron chi connectivity index (χ4n) is 1.67. The Kier molecular flexibility index (Phi) is 5.44. The van der Waals surface area contributed by atoms with Gasteiger partial charge in [-0.05, 0) is 29.7 Å². The van der Waals surface area contributed by atoms with E-state index in [0.29, 0.717) is 0 Å². The van der Waals surface area contributed by atoms with Gasteiger partial charge in [-0.25, -0.2) is 0 Å². The minimum atomic E-state index is 0.0969. The summed E-state index contributed by atoms with van der Waals surface area (Å²) in [5.74, 6) is 0. The lowest BCUT2D eigenvalue weighted by Gasteiger charge is -2.04. The highest BCUT2D eigenvalue weighted by Gasteiger charge is 1.98. The van der Waals surface area contributed by atoms with E-state index in [-0.39, 0.29) is 6.61 Å². The second-order valence-corrected chi connectivity index (χ2v) is 3.73. The molecule has 1 N–H and O–H groups in total. The van der Waals surface area contributed by atoms with E-state index < -0.39 is 0 Å². The fraction of sp³-hybridized carbons (Fsp3) is 0.250. The van der Waals surface area contributed by atoms with Gasteiger partial charge in [0.15, 0.2) is 0 Å². The van der Waals surface area contributed by atoms with Crippen molar-refractivity contribution in [3.05, 3.63) is 59.7 Å². The summed E-state index contributed by atoms with van der Waals surface area (Å²) in [4.78, 5) is 0. The Labute approximate surface area is 104 Å². The quantitative estimate of drug-likeness (QED) is 0.817. The summed E-state index contributed by atoms with van der Waals surface area (Å²) in [5, 5.41) is 9.06. The van der Waals surface area contributed by atoms with Crippen LogP contribution in [0.3, 0.4) is 0 Å². The molecule has 0 saturated carbocycles. The minimum Gasteiger partial charge on any atom is -0.392 e. The van der Waals surface area contributed by atoms with Crippen LogP contribution in [0.2, 0.25) is 0 Å². The Morgan fingerprint density at radius 1 is 0.882 bits per heavy atom. The van der Waals surface area contributed by atoms with Gasteiger partial charge in [0.1, 0.15) is 0 Å². The number of aliphatic hydroxyl groups excluding tert-OH is 1. The van der Waals surface area contributed by atoms with Gasteiger partial charge >= 0.3 is 0 Å². The van der Waals surface area contributed by atoms with E-state index in [1.54, 1.807) is 0 Å². The number of aliphatic hydroxyl groups is 1. The molecule has 1 heteroatoms. The maximum atomic E-state index is 9.06.